The molecule has 0 saturated carbocycles. The molecule has 0 heterocycles. The first-order valence-electron chi connectivity index (χ1n) is 7.42. The van der Waals surface area contributed by atoms with E-state index in [1.807, 2.05) is 0 Å². The third kappa shape index (κ3) is 6.36. The largest absolute Gasteiger partial charge is 0.0900 e. The lowest BCUT2D eigenvalue weighted by Crippen LogP contribution is -1.89. The zero-order valence-corrected chi connectivity index (χ0v) is 16.3. The molecule has 0 aromatic rings. The summed E-state index contributed by atoms with van der Waals surface area (Å²) in [6.07, 6.45) is 16.4. The summed E-state index contributed by atoms with van der Waals surface area (Å²) < 4.78 is 2.27. The Bertz CT molecular complexity index is 526. The van der Waals surface area contributed by atoms with Crippen LogP contribution in [-0.4, -0.2) is 0 Å². The summed E-state index contributed by atoms with van der Waals surface area (Å²) in [7, 11) is 0. The quantitative estimate of drug-likeness (QED) is 0.414. The van der Waals surface area contributed by atoms with Crippen LogP contribution in [-0.2, 0) is 0 Å². The molecule has 0 bridgehead atoms. The second-order valence-electron chi connectivity index (χ2n) is 5.48. The third-order valence-corrected chi connectivity index (χ3v) is 4.79. The lowest BCUT2D eigenvalue weighted by atomic mass is 10.0. The van der Waals surface area contributed by atoms with Gasteiger partial charge in [0.05, 0.1) is 0 Å². The zero-order valence-electron chi connectivity index (χ0n) is 13.1. The summed E-state index contributed by atoms with van der Waals surface area (Å²) in [4.78, 5) is 0. The molecule has 0 spiro atoms. The maximum absolute atomic E-state index is 4.25. The Morgan fingerprint density at radius 3 is 2.71 bits per heavy atom. The maximum Gasteiger partial charge on any atom is 0.0253 e. The minimum atomic E-state index is 0.553. The van der Waals surface area contributed by atoms with Crippen LogP contribution in [0.2, 0.25) is 0 Å². The highest BCUT2D eigenvalue weighted by Crippen LogP contribution is 2.33. The zero-order chi connectivity index (χ0) is 15.8. The Hall–Kier alpha value is -0.600. The molecule has 1 aliphatic rings. The van der Waals surface area contributed by atoms with Crippen molar-refractivity contribution in [1.82, 2.24) is 0 Å². The standard InChI is InChI=1S/C19H24Br2/c1-5-16(12-11-14(2)3)13-19(21)15(4)17-9-7-6-8-10-18(17)20/h5,7,9,11-14H,4,6,8,10H2,1-3H3/b12-11-,16-5+,19-13+. The van der Waals surface area contributed by atoms with E-state index in [4.69, 9.17) is 0 Å². The van der Waals surface area contributed by atoms with E-state index in [0.717, 1.165) is 22.9 Å². The first-order chi connectivity index (χ1) is 9.95. The van der Waals surface area contributed by atoms with Crippen molar-refractivity contribution in [1.29, 1.82) is 0 Å². The molecular weight excluding hydrogens is 388 g/mol. The maximum atomic E-state index is 4.25. The van der Waals surface area contributed by atoms with Crippen molar-refractivity contribution in [3.8, 4) is 0 Å². The number of hydrogen-bond donors (Lipinski definition) is 0. The van der Waals surface area contributed by atoms with E-state index in [9.17, 15) is 0 Å². The summed E-state index contributed by atoms with van der Waals surface area (Å²) in [5.41, 5.74) is 3.40. The Morgan fingerprint density at radius 2 is 2.10 bits per heavy atom. The molecule has 0 nitrogen and oxygen atoms in total. The molecule has 2 heteroatoms. The van der Waals surface area contributed by atoms with Crippen molar-refractivity contribution in [2.75, 3.05) is 0 Å². The minimum absolute atomic E-state index is 0.553. The summed E-state index contributed by atoms with van der Waals surface area (Å²) in [6.45, 7) is 10.7. The van der Waals surface area contributed by atoms with Crippen LogP contribution in [0.5, 0.6) is 0 Å². The van der Waals surface area contributed by atoms with Crippen LogP contribution in [0.3, 0.4) is 0 Å². The van der Waals surface area contributed by atoms with E-state index in [1.165, 1.54) is 22.0 Å². The van der Waals surface area contributed by atoms with Gasteiger partial charge in [0.1, 0.15) is 0 Å². The van der Waals surface area contributed by atoms with E-state index in [2.05, 4.69) is 95.7 Å². The molecule has 114 valence electrons. The van der Waals surface area contributed by atoms with Gasteiger partial charge in [0.25, 0.3) is 0 Å². The number of rotatable bonds is 5. The fourth-order valence-electron chi connectivity index (χ4n) is 1.96. The third-order valence-electron chi connectivity index (χ3n) is 3.26. The van der Waals surface area contributed by atoms with Crippen LogP contribution in [0.25, 0.3) is 0 Å². The number of halogens is 2. The summed E-state index contributed by atoms with van der Waals surface area (Å²) >= 11 is 7.38. The number of allylic oxidation sites excluding steroid dienone is 11. The smallest absolute Gasteiger partial charge is 0.0253 e. The van der Waals surface area contributed by atoms with Crippen LogP contribution in [0.1, 0.15) is 40.0 Å². The normalized spacial score (nSPS) is 17.8. The molecule has 0 aliphatic heterocycles. The lowest BCUT2D eigenvalue weighted by Gasteiger charge is -2.09. The molecule has 21 heavy (non-hydrogen) atoms. The van der Waals surface area contributed by atoms with Crippen LogP contribution in [0.4, 0.5) is 0 Å². The molecule has 0 aromatic heterocycles. The number of hydrogen-bond acceptors (Lipinski definition) is 0. The highest BCUT2D eigenvalue weighted by Gasteiger charge is 2.10. The Balaban J connectivity index is 2.98. The van der Waals surface area contributed by atoms with Gasteiger partial charge in [-0.1, -0.05) is 82.7 Å². The van der Waals surface area contributed by atoms with Crippen molar-refractivity contribution < 1.29 is 0 Å². The Kier molecular flexibility index (Phi) is 8.28. The minimum Gasteiger partial charge on any atom is -0.0900 e. The second-order valence-corrected chi connectivity index (χ2v) is 7.29. The SMILES string of the molecule is C=C(C1=C(Br)CCCC=C1)\C(Br)=C/C(/C=C\C(C)C)=C/C. The van der Waals surface area contributed by atoms with Crippen molar-refractivity contribution in [2.24, 2.45) is 5.92 Å². The van der Waals surface area contributed by atoms with Crippen LogP contribution >= 0.6 is 31.9 Å². The summed E-state index contributed by atoms with van der Waals surface area (Å²) in [5, 5.41) is 0. The molecule has 0 amide bonds. The molecule has 1 rings (SSSR count). The van der Waals surface area contributed by atoms with Crippen molar-refractivity contribution in [2.45, 2.75) is 40.0 Å². The van der Waals surface area contributed by atoms with Crippen LogP contribution < -0.4 is 0 Å². The average Bonchev–Trinajstić information content (AvgIpc) is 2.66. The van der Waals surface area contributed by atoms with E-state index >= 15 is 0 Å². The van der Waals surface area contributed by atoms with Gasteiger partial charge in [-0.25, -0.2) is 0 Å². The van der Waals surface area contributed by atoms with Crippen molar-refractivity contribution in [3.63, 3.8) is 0 Å². The Labute approximate surface area is 146 Å². The van der Waals surface area contributed by atoms with Gasteiger partial charge in [0.2, 0.25) is 0 Å². The molecule has 0 radical (unpaired) electrons. The lowest BCUT2D eigenvalue weighted by molar-refractivity contribution is 0.831. The van der Waals surface area contributed by atoms with Gasteiger partial charge in [0, 0.05) is 8.96 Å². The first-order valence-corrected chi connectivity index (χ1v) is 9.00. The fraction of sp³-hybridized carbons (Fsp3) is 0.368. The van der Waals surface area contributed by atoms with E-state index in [-0.39, 0.29) is 0 Å². The predicted octanol–water partition coefficient (Wildman–Crippen LogP) is 7.37. The van der Waals surface area contributed by atoms with Gasteiger partial charge in [0.15, 0.2) is 0 Å². The second kappa shape index (κ2) is 9.42. The van der Waals surface area contributed by atoms with Gasteiger partial charge < -0.3 is 0 Å². The first kappa shape index (κ1) is 18.4. The molecular formula is C19H24Br2. The topological polar surface area (TPSA) is 0 Å². The molecule has 0 N–H and O–H groups in total. The van der Waals surface area contributed by atoms with E-state index in [1.54, 1.807) is 0 Å². The molecule has 0 atom stereocenters. The molecule has 1 aliphatic carbocycles. The van der Waals surface area contributed by atoms with Crippen molar-refractivity contribution >= 4 is 31.9 Å². The highest BCUT2D eigenvalue weighted by molar-refractivity contribution is 9.12. The average molecular weight is 412 g/mol. The van der Waals surface area contributed by atoms with Crippen molar-refractivity contribution in [3.05, 3.63) is 68.7 Å². The predicted molar refractivity (Wildman–Crippen MR) is 103 cm³/mol. The van der Waals surface area contributed by atoms with Gasteiger partial charge in [-0.3, -0.25) is 0 Å². The van der Waals surface area contributed by atoms with Gasteiger partial charge in [-0.15, -0.1) is 0 Å². The van der Waals surface area contributed by atoms with Gasteiger partial charge in [-0.05, 0) is 54.9 Å². The van der Waals surface area contributed by atoms with Gasteiger partial charge in [-0.2, -0.15) is 0 Å². The van der Waals surface area contributed by atoms with E-state index in [0.29, 0.717) is 5.92 Å². The fourth-order valence-corrected chi connectivity index (χ4v) is 3.09. The molecule has 0 fully saturated rings. The summed E-state index contributed by atoms with van der Waals surface area (Å²) in [5.74, 6) is 0.553. The molecule has 0 unspecified atom stereocenters. The Morgan fingerprint density at radius 1 is 1.38 bits per heavy atom. The monoisotopic (exact) mass is 410 g/mol. The highest BCUT2D eigenvalue weighted by atomic mass is 79.9. The van der Waals surface area contributed by atoms with Crippen LogP contribution in [0.15, 0.2) is 68.7 Å². The summed E-state index contributed by atoms with van der Waals surface area (Å²) in [6, 6.07) is 0. The molecule has 0 saturated heterocycles. The molecule has 0 aromatic carbocycles. The van der Waals surface area contributed by atoms with Gasteiger partial charge >= 0.3 is 0 Å². The van der Waals surface area contributed by atoms with E-state index < -0.39 is 0 Å². The van der Waals surface area contributed by atoms with Crippen LogP contribution in [0, 0.1) is 5.92 Å².